The zero-order valence-electron chi connectivity index (χ0n) is 23.5. The summed E-state index contributed by atoms with van der Waals surface area (Å²) in [5.74, 6) is -0.918. The molecule has 0 heterocycles. The maximum Gasteiger partial charge on any atom is 0.416 e. The monoisotopic (exact) mass is 629 g/mol. The molecule has 0 saturated heterocycles. The summed E-state index contributed by atoms with van der Waals surface area (Å²) >= 11 is 0. The third-order valence-corrected chi connectivity index (χ3v) is 8.19. The summed E-state index contributed by atoms with van der Waals surface area (Å²) < 4.78 is 66.8. The molecular formula is C34H26F3N3O4S. The van der Waals surface area contributed by atoms with Crippen LogP contribution in [0.25, 0.3) is 11.1 Å². The Morgan fingerprint density at radius 3 is 2.00 bits per heavy atom. The van der Waals surface area contributed by atoms with Gasteiger partial charge in [-0.15, -0.1) is 0 Å². The van der Waals surface area contributed by atoms with Gasteiger partial charge in [-0.25, -0.2) is 8.42 Å². The Hall–Kier alpha value is -5.42. The van der Waals surface area contributed by atoms with E-state index in [2.05, 4.69) is 15.4 Å². The van der Waals surface area contributed by atoms with Gasteiger partial charge in [-0.2, -0.15) is 13.2 Å². The van der Waals surface area contributed by atoms with Crippen LogP contribution in [0.4, 0.5) is 24.5 Å². The van der Waals surface area contributed by atoms with Crippen LogP contribution >= 0.6 is 0 Å². The number of hydrogen-bond donors (Lipinski definition) is 3. The lowest BCUT2D eigenvalue weighted by Gasteiger charge is -2.13. The second-order valence-corrected chi connectivity index (χ2v) is 11.6. The summed E-state index contributed by atoms with van der Waals surface area (Å²) in [5.41, 5.74) is 2.08. The van der Waals surface area contributed by atoms with Crippen LogP contribution in [-0.4, -0.2) is 20.2 Å². The number of para-hydroxylation sites is 1. The van der Waals surface area contributed by atoms with Crippen molar-refractivity contribution in [2.75, 3.05) is 10.0 Å². The van der Waals surface area contributed by atoms with Crippen molar-refractivity contribution in [1.29, 1.82) is 0 Å². The molecule has 2 amide bonds. The quantitative estimate of drug-likeness (QED) is 0.159. The highest BCUT2D eigenvalue weighted by Crippen LogP contribution is 2.32. The van der Waals surface area contributed by atoms with Gasteiger partial charge in [0.05, 0.1) is 10.5 Å². The third kappa shape index (κ3) is 7.76. The lowest BCUT2D eigenvalue weighted by molar-refractivity contribution is -0.137. The van der Waals surface area contributed by atoms with Gasteiger partial charge in [0.25, 0.3) is 21.8 Å². The molecule has 3 N–H and O–H groups in total. The first kappa shape index (κ1) is 31.0. The van der Waals surface area contributed by atoms with E-state index in [4.69, 9.17) is 0 Å². The number of sulfonamides is 1. The zero-order valence-corrected chi connectivity index (χ0v) is 24.3. The van der Waals surface area contributed by atoms with Crippen molar-refractivity contribution in [1.82, 2.24) is 5.32 Å². The Kier molecular flexibility index (Phi) is 9.01. The molecule has 0 aromatic heterocycles. The van der Waals surface area contributed by atoms with Crippen molar-refractivity contribution in [2.45, 2.75) is 17.6 Å². The molecule has 5 aromatic rings. The van der Waals surface area contributed by atoms with Gasteiger partial charge in [-0.1, -0.05) is 66.7 Å². The van der Waals surface area contributed by atoms with E-state index in [0.29, 0.717) is 28.1 Å². The van der Waals surface area contributed by atoms with E-state index in [1.54, 1.807) is 84.9 Å². The number of nitrogens with one attached hydrogen (secondary N) is 3. The average Bonchev–Trinajstić information content (AvgIpc) is 3.04. The highest BCUT2D eigenvalue weighted by atomic mass is 32.2. The van der Waals surface area contributed by atoms with Crippen LogP contribution < -0.4 is 15.4 Å². The van der Waals surface area contributed by atoms with E-state index in [1.807, 2.05) is 0 Å². The predicted molar refractivity (Wildman–Crippen MR) is 166 cm³/mol. The molecule has 0 radical (unpaired) electrons. The molecule has 228 valence electrons. The van der Waals surface area contributed by atoms with Crippen molar-refractivity contribution >= 4 is 33.2 Å². The Morgan fingerprint density at radius 1 is 0.667 bits per heavy atom. The highest BCUT2D eigenvalue weighted by molar-refractivity contribution is 7.92. The molecule has 5 rings (SSSR count). The molecule has 0 atom stereocenters. The second-order valence-electron chi connectivity index (χ2n) is 9.95. The topological polar surface area (TPSA) is 104 Å². The van der Waals surface area contributed by atoms with Crippen LogP contribution in [0.5, 0.6) is 0 Å². The second kappa shape index (κ2) is 13.1. The van der Waals surface area contributed by atoms with Crippen molar-refractivity contribution in [2.24, 2.45) is 0 Å². The van der Waals surface area contributed by atoms with Crippen LogP contribution in [0.1, 0.15) is 31.8 Å². The standard InChI is InChI=1S/C34H26F3N3O4S/c35-34(36,37)26-17-15-24(16-18-26)30-11-4-5-12-31(30)33(42)39-28-10-6-7-25(21-28)32(41)38-22-23-13-19-29(20-14-23)45(43,44)40-27-8-2-1-3-9-27/h1-21,40H,22H2,(H,38,41)(H,39,42). The summed E-state index contributed by atoms with van der Waals surface area (Å²) in [6.07, 6.45) is -4.47. The Morgan fingerprint density at radius 2 is 1.31 bits per heavy atom. The molecule has 0 saturated carbocycles. The van der Waals surface area contributed by atoms with E-state index in [0.717, 1.165) is 12.1 Å². The number of carbonyl (C=O) groups is 2. The molecule has 0 aliphatic rings. The molecule has 0 spiro atoms. The van der Waals surface area contributed by atoms with Gasteiger partial charge in [0.1, 0.15) is 0 Å². The minimum Gasteiger partial charge on any atom is -0.348 e. The fraction of sp³-hybridized carbons (Fsp3) is 0.0588. The number of benzene rings is 5. The summed E-state index contributed by atoms with van der Waals surface area (Å²) in [5, 5.41) is 5.52. The maximum atomic E-state index is 13.2. The SMILES string of the molecule is O=C(NCc1ccc(S(=O)(=O)Nc2ccccc2)cc1)c1cccc(NC(=O)c2ccccc2-c2ccc(C(F)(F)F)cc2)c1. The minimum absolute atomic E-state index is 0.0739. The summed E-state index contributed by atoms with van der Waals surface area (Å²) in [6.45, 7) is 0.127. The van der Waals surface area contributed by atoms with Crippen molar-refractivity contribution in [3.05, 3.63) is 150 Å². The van der Waals surface area contributed by atoms with E-state index in [1.165, 1.54) is 30.3 Å². The largest absolute Gasteiger partial charge is 0.416 e. The fourth-order valence-electron chi connectivity index (χ4n) is 4.50. The molecule has 0 unspecified atom stereocenters. The number of halogens is 3. The van der Waals surface area contributed by atoms with Gasteiger partial charge < -0.3 is 10.6 Å². The van der Waals surface area contributed by atoms with Gasteiger partial charge in [-0.05, 0) is 77.4 Å². The van der Waals surface area contributed by atoms with Crippen LogP contribution in [0.2, 0.25) is 0 Å². The van der Waals surface area contributed by atoms with Gasteiger partial charge >= 0.3 is 6.18 Å². The van der Waals surface area contributed by atoms with E-state index < -0.39 is 33.6 Å². The van der Waals surface area contributed by atoms with Gasteiger partial charge in [0.15, 0.2) is 0 Å². The summed E-state index contributed by atoms with van der Waals surface area (Å²) in [7, 11) is -3.78. The van der Waals surface area contributed by atoms with Crippen LogP contribution in [0.3, 0.4) is 0 Å². The molecule has 0 fully saturated rings. The van der Waals surface area contributed by atoms with Gasteiger partial charge in [-0.3, -0.25) is 14.3 Å². The van der Waals surface area contributed by atoms with Gasteiger partial charge in [0.2, 0.25) is 0 Å². The Bertz CT molecular complexity index is 1930. The Labute approximate surface area is 257 Å². The van der Waals surface area contributed by atoms with Crippen molar-refractivity contribution in [3.63, 3.8) is 0 Å². The predicted octanol–water partition coefficient (Wildman–Crippen LogP) is 7.36. The zero-order chi connectivity index (χ0) is 32.0. The lowest BCUT2D eigenvalue weighted by Crippen LogP contribution is -2.23. The normalized spacial score (nSPS) is 11.4. The van der Waals surface area contributed by atoms with E-state index in [9.17, 15) is 31.2 Å². The molecular weight excluding hydrogens is 603 g/mol. The van der Waals surface area contributed by atoms with Crippen molar-refractivity contribution < 1.29 is 31.2 Å². The average molecular weight is 630 g/mol. The summed E-state index contributed by atoms with van der Waals surface area (Å²) in [4.78, 5) is 26.1. The molecule has 0 bridgehead atoms. The lowest BCUT2D eigenvalue weighted by atomic mass is 9.98. The maximum absolute atomic E-state index is 13.2. The van der Waals surface area contributed by atoms with E-state index in [-0.39, 0.29) is 22.6 Å². The number of hydrogen-bond acceptors (Lipinski definition) is 4. The molecule has 45 heavy (non-hydrogen) atoms. The first-order valence-corrected chi connectivity index (χ1v) is 15.1. The van der Waals surface area contributed by atoms with Gasteiger partial charge in [0, 0.05) is 29.0 Å². The number of carbonyl (C=O) groups excluding carboxylic acids is 2. The van der Waals surface area contributed by atoms with Crippen LogP contribution in [-0.2, 0) is 22.7 Å². The summed E-state index contributed by atoms with van der Waals surface area (Å²) in [6, 6.07) is 32.0. The minimum atomic E-state index is -4.47. The van der Waals surface area contributed by atoms with E-state index >= 15 is 0 Å². The fourth-order valence-corrected chi connectivity index (χ4v) is 5.56. The Balaban J connectivity index is 1.22. The number of anilines is 2. The molecule has 7 nitrogen and oxygen atoms in total. The molecule has 0 aliphatic heterocycles. The number of alkyl halides is 3. The number of rotatable bonds is 9. The molecule has 11 heteroatoms. The first-order valence-electron chi connectivity index (χ1n) is 13.6. The highest BCUT2D eigenvalue weighted by Gasteiger charge is 2.30. The third-order valence-electron chi connectivity index (χ3n) is 6.79. The smallest absolute Gasteiger partial charge is 0.348 e. The van der Waals surface area contributed by atoms with Crippen molar-refractivity contribution in [3.8, 4) is 11.1 Å². The number of amides is 2. The first-order chi connectivity index (χ1) is 21.5. The molecule has 5 aromatic carbocycles. The van der Waals surface area contributed by atoms with Crippen LogP contribution in [0, 0.1) is 0 Å². The molecule has 0 aliphatic carbocycles. The van der Waals surface area contributed by atoms with Crippen LogP contribution in [0.15, 0.2) is 132 Å².